The minimum atomic E-state index is -3.76. The van der Waals surface area contributed by atoms with E-state index in [0.29, 0.717) is 29.0 Å². The van der Waals surface area contributed by atoms with E-state index in [2.05, 4.69) is 4.98 Å². The largest absolute Gasteiger partial charge is 0.465 e. The summed E-state index contributed by atoms with van der Waals surface area (Å²) < 4.78 is 29.3. The average Bonchev–Trinajstić information content (AvgIpc) is 2.71. The summed E-state index contributed by atoms with van der Waals surface area (Å²) >= 11 is 1.15. The van der Waals surface area contributed by atoms with Crippen molar-refractivity contribution in [2.45, 2.75) is 29.9 Å². The quantitative estimate of drug-likeness (QED) is 0.318. The number of carbonyl (C=O) groups excluding carboxylic acids is 1. The smallest absolute Gasteiger partial charge is 0.316 e. The van der Waals surface area contributed by atoms with Crippen LogP contribution in [0, 0.1) is 0 Å². The predicted molar refractivity (Wildman–Crippen MR) is 115 cm³/mol. The molecular weight excluding hydrogens is 426 g/mol. The van der Waals surface area contributed by atoms with Crippen LogP contribution in [0.3, 0.4) is 0 Å². The third-order valence-corrected chi connectivity index (χ3v) is 6.21. The number of hydrogen-bond acceptors (Lipinski definition) is 7. The number of hydrogen-bond donors (Lipinski definition) is 1. The first kappa shape index (κ1) is 22.0. The van der Waals surface area contributed by atoms with Crippen LogP contribution in [0.15, 0.2) is 63.4 Å². The van der Waals surface area contributed by atoms with Gasteiger partial charge in [-0.15, -0.1) is 0 Å². The highest BCUT2D eigenvalue weighted by Gasteiger charge is 2.14. The third-order valence-electron chi connectivity index (χ3n) is 4.33. The number of aromatic nitrogens is 2. The predicted octanol–water partition coefficient (Wildman–Crippen LogP) is 1.94. The molecule has 0 aliphatic rings. The Labute approximate surface area is 178 Å². The summed E-state index contributed by atoms with van der Waals surface area (Å²) in [6, 6.07) is 13.2. The van der Waals surface area contributed by atoms with Crippen LogP contribution in [-0.2, 0) is 32.5 Å². The Morgan fingerprint density at radius 2 is 1.87 bits per heavy atom. The SMILES string of the molecule is CCOC(=O)CSc1nc2ccccc2c(=O)n1CCc1ccc(S(N)(=O)=O)cc1. The first-order valence-corrected chi connectivity index (χ1v) is 11.7. The highest BCUT2D eigenvalue weighted by Crippen LogP contribution is 2.19. The molecule has 1 aromatic heterocycles. The van der Waals surface area contributed by atoms with Crippen molar-refractivity contribution in [3.63, 3.8) is 0 Å². The molecule has 0 fully saturated rings. The fourth-order valence-electron chi connectivity index (χ4n) is 2.87. The molecule has 1 heterocycles. The fourth-order valence-corrected chi connectivity index (χ4v) is 4.21. The monoisotopic (exact) mass is 447 g/mol. The summed E-state index contributed by atoms with van der Waals surface area (Å²) in [6.07, 6.45) is 0.470. The lowest BCUT2D eigenvalue weighted by atomic mass is 10.1. The number of rotatable bonds is 8. The molecule has 0 bridgehead atoms. The number of esters is 1. The molecule has 0 aliphatic carbocycles. The Morgan fingerprint density at radius 1 is 1.17 bits per heavy atom. The van der Waals surface area contributed by atoms with Crippen LogP contribution in [0.5, 0.6) is 0 Å². The van der Waals surface area contributed by atoms with Gasteiger partial charge in [-0.1, -0.05) is 36.0 Å². The van der Waals surface area contributed by atoms with Crippen molar-refractivity contribution in [3.8, 4) is 0 Å². The number of benzene rings is 2. The van der Waals surface area contributed by atoms with Crippen LogP contribution in [0.2, 0.25) is 0 Å². The van der Waals surface area contributed by atoms with Gasteiger partial charge in [0.1, 0.15) is 0 Å². The normalized spacial score (nSPS) is 11.5. The third kappa shape index (κ3) is 5.26. The summed E-state index contributed by atoms with van der Waals surface area (Å²) in [4.78, 5) is 29.4. The Balaban J connectivity index is 1.88. The van der Waals surface area contributed by atoms with Gasteiger partial charge < -0.3 is 4.74 Å². The van der Waals surface area contributed by atoms with Crippen molar-refractivity contribution >= 4 is 38.7 Å². The van der Waals surface area contributed by atoms with E-state index in [1.165, 1.54) is 16.7 Å². The molecule has 3 aromatic rings. The number of aryl methyl sites for hydroxylation is 1. The second-order valence-electron chi connectivity index (χ2n) is 6.40. The molecule has 0 saturated heterocycles. The van der Waals surface area contributed by atoms with Gasteiger partial charge in [0.15, 0.2) is 5.16 Å². The molecule has 30 heavy (non-hydrogen) atoms. The second-order valence-corrected chi connectivity index (χ2v) is 8.90. The maximum absolute atomic E-state index is 13.0. The van der Waals surface area contributed by atoms with E-state index in [1.807, 2.05) is 0 Å². The van der Waals surface area contributed by atoms with E-state index >= 15 is 0 Å². The molecule has 3 rings (SSSR count). The van der Waals surface area contributed by atoms with Crippen molar-refractivity contribution in [2.75, 3.05) is 12.4 Å². The second kappa shape index (κ2) is 9.41. The number of sulfonamides is 1. The average molecular weight is 448 g/mol. The highest BCUT2D eigenvalue weighted by molar-refractivity contribution is 7.99. The van der Waals surface area contributed by atoms with Gasteiger partial charge in [0.25, 0.3) is 5.56 Å². The molecule has 8 nitrogen and oxygen atoms in total. The lowest BCUT2D eigenvalue weighted by Gasteiger charge is -2.13. The molecule has 0 unspecified atom stereocenters. The zero-order chi connectivity index (χ0) is 21.7. The number of fused-ring (bicyclic) bond motifs is 1. The maximum Gasteiger partial charge on any atom is 0.316 e. The fraction of sp³-hybridized carbons (Fsp3) is 0.250. The zero-order valence-corrected chi connectivity index (χ0v) is 17.9. The van der Waals surface area contributed by atoms with E-state index < -0.39 is 10.0 Å². The minimum absolute atomic E-state index is 0.0291. The number of primary sulfonamides is 1. The van der Waals surface area contributed by atoms with Gasteiger partial charge in [0.2, 0.25) is 10.0 Å². The summed E-state index contributed by atoms with van der Waals surface area (Å²) in [5, 5.41) is 6.03. The van der Waals surface area contributed by atoms with Crippen LogP contribution in [-0.4, -0.2) is 36.3 Å². The van der Waals surface area contributed by atoms with Crippen LogP contribution in [0.4, 0.5) is 0 Å². The molecule has 158 valence electrons. The molecular formula is C20H21N3O5S2. The van der Waals surface area contributed by atoms with Crippen LogP contribution in [0.1, 0.15) is 12.5 Å². The topological polar surface area (TPSA) is 121 Å². The van der Waals surface area contributed by atoms with Gasteiger partial charge in [-0.3, -0.25) is 14.2 Å². The number of carbonyl (C=O) groups is 1. The van der Waals surface area contributed by atoms with E-state index in [0.717, 1.165) is 17.3 Å². The highest BCUT2D eigenvalue weighted by atomic mass is 32.2. The molecule has 0 radical (unpaired) electrons. The van der Waals surface area contributed by atoms with Crippen LogP contribution < -0.4 is 10.7 Å². The summed E-state index contributed by atoms with van der Waals surface area (Å²) in [5.41, 5.74) is 1.19. The number of para-hydroxylation sites is 1. The van der Waals surface area contributed by atoms with E-state index in [9.17, 15) is 18.0 Å². The molecule has 0 saturated carbocycles. The Kier molecular flexibility index (Phi) is 6.91. The molecule has 10 heteroatoms. The van der Waals surface area contributed by atoms with Gasteiger partial charge in [0.05, 0.1) is 28.2 Å². The van der Waals surface area contributed by atoms with E-state index in [-0.39, 0.29) is 28.8 Å². The maximum atomic E-state index is 13.0. The van der Waals surface area contributed by atoms with Gasteiger partial charge in [-0.05, 0) is 43.2 Å². The molecule has 0 aliphatic heterocycles. The Morgan fingerprint density at radius 3 is 2.53 bits per heavy atom. The van der Waals surface area contributed by atoms with Crippen molar-refractivity contribution in [3.05, 3.63) is 64.4 Å². The van der Waals surface area contributed by atoms with Crippen molar-refractivity contribution < 1.29 is 17.9 Å². The first-order valence-electron chi connectivity index (χ1n) is 9.19. The molecule has 0 amide bonds. The Hall–Kier alpha value is -2.69. The van der Waals surface area contributed by atoms with Crippen LogP contribution in [0.25, 0.3) is 10.9 Å². The van der Waals surface area contributed by atoms with Gasteiger partial charge in [0, 0.05) is 6.54 Å². The van der Waals surface area contributed by atoms with Gasteiger partial charge in [-0.25, -0.2) is 18.5 Å². The summed E-state index contributed by atoms with van der Waals surface area (Å²) in [5.74, 6) is -0.336. The Bertz CT molecular complexity index is 1220. The molecule has 2 aromatic carbocycles. The van der Waals surface area contributed by atoms with Crippen LogP contribution >= 0.6 is 11.8 Å². The zero-order valence-electron chi connectivity index (χ0n) is 16.3. The first-order chi connectivity index (χ1) is 14.3. The van der Waals surface area contributed by atoms with E-state index in [1.54, 1.807) is 43.3 Å². The molecule has 0 spiro atoms. The van der Waals surface area contributed by atoms with Crippen molar-refractivity contribution in [2.24, 2.45) is 5.14 Å². The van der Waals surface area contributed by atoms with Crippen molar-refractivity contribution in [1.29, 1.82) is 0 Å². The number of nitrogens with zero attached hydrogens (tertiary/aromatic N) is 2. The minimum Gasteiger partial charge on any atom is -0.465 e. The lowest BCUT2D eigenvalue weighted by molar-refractivity contribution is -0.139. The summed E-state index contributed by atoms with van der Waals surface area (Å²) in [6.45, 7) is 2.33. The summed E-state index contributed by atoms with van der Waals surface area (Å²) in [7, 11) is -3.76. The number of thioether (sulfide) groups is 1. The molecule has 2 N–H and O–H groups in total. The molecule has 0 atom stereocenters. The van der Waals surface area contributed by atoms with Gasteiger partial charge in [-0.2, -0.15) is 0 Å². The van der Waals surface area contributed by atoms with Gasteiger partial charge >= 0.3 is 5.97 Å². The number of ether oxygens (including phenoxy) is 1. The lowest BCUT2D eigenvalue weighted by Crippen LogP contribution is -2.25. The standard InChI is InChI=1S/C20H21N3O5S2/c1-2-28-18(24)13-29-20-22-17-6-4-3-5-16(17)19(25)23(20)12-11-14-7-9-15(10-8-14)30(21,26)27/h3-10H,2,11-13H2,1H3,(H2,21,26,27). The van der Waals surface area contributed by atoms with E-state index in [4.69, 9.17) is 9.88 Å². The van der Waals surface area contributed by atoms with Crippen molar-refractivity contribution in [1.82, 2.24) is 9.55 Å². The number of nitrogens with two attached hydrogens (primary N) is 1.